The van der Waals surface area contributed by atoms with E-state index in [2.05, 4.69) is 105 Å². The van der Waals surface area contributed by atoms with E-state index in [0.717, 1.165) is 61.7 Å². The molecule has 0 fully saturated rings. The third kappa shape index (κ3) is 8.86. The Labute approximate surface area is 336 Å². The molecule has 5 heteroatoms. The summed E-state index contributed by atoms with van der Waals surface area (Å²) in [6.07, 6.45) is 23.8. The van der Waals surface area contributed by atoms with Gasteiger partial charge >= 0.3 is 0 Å². The second kappa shape index (κ2) is 19.1. The van der Waals surface area contributed by atoms with Gasteiger partial charge in [-0.2, -0.15) is 0 Å². The normalized spacial score (nSPS) is 13.2. The minimum absolute atomic E-state index is 0.633. The standard InChI is InChI=1S/C48H43N3S2.C2H6/c1-9-15-21-34(13-5)41-30-42(36(19-11-3)20-12-4)50-48(49-41)37-24-26-38(27-25-37)51-33(8)39(28-35(14-6)32(7)18-10-2)40-29-46-47(31-43(40)51)53-45-23-17-16-22-44(45)52-46;1-2/h9-31H,3,5-7H2,1-2,4,8H3;1-2H3/b15-9-,18-10-,20-12-,34-21+,35-28-,36-19+;. The molecular formula is C50H49N3S2. The van der Waals surface area contributed by atoms with Crippen molar-refractivity contribution in [2.24, 2.45) is 0 Å². The highest BCUT2D eigenvalue weighted by Crippen LogP contribution is 2.50. The number of benzene rings is 3. The van der Waals surface area contributed by atoms with Crippen molar-refractivity contribution in [1.82, 2.24) is 14.5 Å². The van der Waals surface area contributed by atoms with Crippen molar-refractivity contribution in [1.29, 1.82) is 0 Å². The van der Waals surface area contributed by atoms with Crippen molar-refractivity contribution in [3.8, 4) is 17.1 Å². The maximum atomic E-state index is 5.05. The van der Waals surface area contributed by atoms with Crippen LogP contribution in [-0.2, 0) is 0 Å². The predicted molar refractivity (Wildman–Crippen MR) is 243 cm³/mol. The molecule has 0 spiro atoms. The Hall–Kier alpha value is -5.62. The van der Waals surface area contributed by atoms with Crippen LogP contribution in [0.25, 0.3) is 45.2 Å². The summed E-state index contributed by atoms with van der Waals surface area (Å²) in [5, 5.41) is 1.18. The minimum atomic E-state index is 0.633. The smallest absolute Gasteiger partial charge is 0.160 e. The molecule has 5 aromatic rings. The zero-order valence-electron chi connectivity index (χ0n) is 32.8. The van der Waals surface area contributed by atoms with Crippen LogP contribution in [0.3, 0.4) is 0 Å². The summed E-state index contributed by atoms with van der Waals surface area (Å²) in [6, 6.07) is 23.8. The van der Waals surface area contributed by atoms with E-state index < -0.39 is 0 Å². The first-order chi connectivity index (χ1) is 26.8. The summed E-state index contributed by atoms with van der Waals surface area (Å²) in [5.74, 6) is 0.633. The van der Waals surface area contributed by atoms with Crippen LogP contribution in [0.15, 0.2) is 191 Å². The van der Waals surface area contributed by atoms with Gasteiger partial charge in [-0.25, -0.2) is 9.97 Å². The van der Waals surface area contributed by atoms with Gasteiger partial charge in [-0.3, -0.25) is 0 Å². The number of hydrogen-bond acceptors (Lipinski definition) is 4. The molecule has 3 aromatic carbocycles. The van der Waals surface area contributed by atoms with Gasteiger partial charge in [-0.15, -0.1) is 0 Å². The Morgan fingerprint density at radius 1 is 0.709 bits per heavy atom. The van der Waals surface area contributed by atoms with Crippen molar-refractivity contribution in [3.05, 3.63) is 194 Å². The van der Waals surface area contributed by atoms with Crippen LogP contribution >= 0.6 is 23.5 Å². The van der Waals surface area contributed by atoms with E-state index in [9.17, 15) is 0 Å². The number of rotatable bonds is 12. The Balaban J connectivity index is 0.00000285. The van der Waals surface area contributed by atoms with Gasteiger partial charge in [0.05, 0.1) is 16.9 Å². The first-order valence-corrected chi connectivity index (χ1v) is 20.2. The Morgan fingerprint density at radius 3 is 1.93 bits per heavy atom. The van der Waals surface area contributed by atoms with Gasteiger partial charge in [-0.05, 0) is 111 Å². The number of aromatic nitrogens is 3. The van der Waals surface area contributed by atoms with Crippen LogP contribution in [0.1, 0.15) is 57.3 Å². The van der Waals surface area contributed by atoms with Gasteiger partial charge in [0.2, 0.25) is 0 Å². The van der Waals surface area contributed by atoms with Gasteiger partial charge in [0.1, 0.15) is 0 Å². The Bertz CT molecular complexity index is 2440. The van der Waals surface area contributed by atoms with Crippen LogP contribution in [0.5, 0.6) is 0 Å². The quantitative estimate of drug-likeness (QED) is 0.116. The topological polar surface area (TPSA) is 30.7 Å². The lowest BCUT2D eigenvalue weighted by molar-refractivity contribution is 1.04. The summed E-state index contributed by atoms with van der Waals surface area (Å²) in [4.78, 5) is 15.2. The van der Waals surface area contributed by atoms with Gasteiger partial charge < -0.3 is 4.57 Å². The van der Waals surface area contributed by atoms with Crippen molar-refractivity contribution in [2.45, 2.75) is 61.1 Å². The Kier molecular flexibility index (Phi) is 14.1. The molecule has 0 N–H and O–H groups in total. The molecule has 1 aliphatic heterocycles. The number of allylic oxidation sites excluding steroid dienone is 15. The third-order valence-corrected chi connectivity index (χ3v) is 11.4. The number of nitrogens with zero attached hydrogens (tertiary/aromatic N) is 3. The van der Waals surface area contributed by atoms with Crippen molar-refractivity contribution < 1.29 is 0 Å². The lowest BCUT2D eigenvalue weighted by Gasteiger charge is -2.19. The third-order valence-electron chi connectivity index (χ3n) is 8.90. The van der Waals surface area contributed by atoms with E-state index in [1.807, 2.05) is 125 Å². The molecule has 3 heterocycles. The van der Waals surface area contributed by atoms with E-state index in [1.54, 1.807) is 6.08 Å². The number of fused-ring (bicyclic) bond motifs is 3. The van der Waals surface area contributed by atoms with E-state index in [0.29, 0.717) is 5.82 Å². The highest BCUT2D eigenvalue weighted by molar-refractivity contribution is 8.05. The average molecular weight is 756 g/mol. The molecule has 0 amide bonds. The van der Waals surface area contributed by atoms with Crippen LogP contribution in [-0.4, -0.2) is 14.5 Å². The molecule has 0 aliphatic carbocycles. The molecule has 0 radical (unpaired) electrons. The molecule has 55 heavy (non-hydrogen) atoms. The van der Waals surface area contributed by atoms with Crippen molar-refractivity contribution in [2.75, 3.05) is 0 Å². The second-order valence-corrected chi connectivity index (χ2v) is 14.5. The van der Waals surface area contributed by atoms with E-state index in [4.69, 9.17) is 9.97 Å². The zero-order chi connectivity index (χ0) is 39.5. The average Bonchev–Trinajstić information content (AvgIpc) is 3.47. The molecule has 0 saturated carbocycles. The highest BCUT2D eigenvalue weighted by atomic mass is 32.2. The van der Waals surface area contributed by atoms with Crippen molar-refractivity contribution in [3.63, 3.8) is 0 Å². The lowest BCUT2D eigenvalue weighted by atomic mass is 10.0. The first kappa shape index (κ1) is 40.6. The van der Waals surface area contributed by atoms with E-state index in [-0.39, 0.29) is 0 Å². The number of hydrogen-bond donors (Lipinski definition) is 0. The molecule has 2 aromatic heterocycles. The maximum absolute atomic E-state index is 5.05. The van der Waals surface area contributed by atoms with Crippen LogP contribution < -0.4 is 0 Å². The molecule has 1 aliphatic rings. The fraction of sp³-hybridized carbons (Fsp3) is 0.120. The summed E-state index contributed by atoms with van der Waals surface area (Å²) in [7, 11) is 0. The fourth-order valence-electron chi connectivity index (χ4n) is 6.33. The molecule has 0 bridgehead atoms. The first-order valence-electron chi connectivity index (χ1n) is 18.5. The molecular weight excluding hydrogens is 707 g/mol. The summed E-state index contributed by atoms with van der Waals surface area (Å²) in [5.41, 5.74) is 10.8. The summed E-state index contributed by atoms with van der Waals surface area (Å²) < 4.78 is 2.35. The summed E-state index contributed by atoms with van der Waals surface area (Å²) in [6.45, 7) is 28.6. The second-order valence-electron chi connectivity index (χ2n) is 12.3. The molecule has 6 rings (SSSR count). The molecule has 3 nitrogen and oxygen atoms in total. The molecule has 276 valence electrons. The van der Waals surface area contributed by atoms with Crippen LogP contribution in [0.4, 0.5) is 0 Å². The highest BCUT2D eigenvalue weighted by Gasteiger charge is 2.22. The van der Waals surface area contributed by atoms with Crippen LogP contribution in [0.2, 0.25) is 0 Å². The SMILES string of the molecule is C=C/C=C(\C=C/C)c1cc(/C(C=C)=C/C=C\C)nc(-c2ccc(-n3c(C)c(/C=C(/C=C)C(=C)/C=C\C)c4cc5c(cc43)Sc3ccccc3S5)cc2)n1.CC. The van der Waals surface area contributed by atoms with Crippen molar-refractivity contribution >= 4 is 51.6 Å². The molecule has 0 atom stereocenters. The van der Waals surface area contributed by atoms with Crippen LogP contribution in [0, 0.1) is 6.92 Å². The molecule has 0 saturated heterocycles. The largest absolute Gasteiger partial charge is 0.313 e. The lowest BCUT2D eigenvalue weighted by Crippen LogP contribution is -2.01. The minimum Gasteiger partial charge on any atom is -0.313 e. The van der Waals surface area contributed by atoms with E-state index in [1.165, 1.54) is 25.0 Å². The predicted octanol–water partition coefficient (Wildman–Crippen LogP) is 15.0. The van der Waals surface area contributed by atoms with Gasteiger partial charge in [0, 0.05) is 47.5 Å². The van der Waals surface area contributed by atoms with Gasteiger partial charge in [0.25, 0.3) is 0 Å². The maximum Gasteiger partial charge on any atom is 0.160 e. The summed E-state index contributed by atoms with van der Waals surface area (Å²) >= 11 is 3.66. The van der Waals surface area contributed by atoms with Gasteiger partial charge in [0.15, 0.2) is 5.82 Å². The zero-order valence-corrected chi connectivity index (χ0v) is 34.4. The monoisotopic (exact) mass is 755 g/mol. The molecule has 0 unspecified atom stereocenters. The van der Waals surface area contributed by atoms with E-state index >= 15 is 0 Å². The van der Waals surface area contributed by atoms with Gasteiger partial charge in [-0.1, -0.05) is 143 Å². The Morgan fingerprint density at radius 2 is 1.35 bits per heavy atom. The fourth-order valence-corrected chi connectivity index (χ4v) is 8.60.